The summed E-state index contributed by atoms with van der Waals surface area (Å²) >= 11 is 0. The molecule has 2 aromatic rings. The molecular formula is C23H26N2O3. The van der Waals surface area contributed by atoms with Crippen LogP contribution in [-0.4, -0.2) is 18.6 Å². The van der Waals surface area contributed by atoms with E-state index in [9.17, 15) is 10.1 Å². The highest BCUT2D eigenvalue weighted by Crippen LogP contribution is 2.30. The van der Waals surface area contributed by atoms with Gasteiger partial charge in [0.15, 0.2) is 11.5 Å². The van der Waals surface area contributed by atoms with Crippen molar-refractivity contribution in [2.24, 2.45) is 0 Å². The summed E-state index contributed by atoms with van der Waals surface area (Å²) in [6, 6.07) is 13.1. The molecule has 146 valence electrons. The Morgan fingerprint density at radius 1 is 1.18 bits per heavy atom. The van der Waals surface area contributed by atoms with E-state index in [1.165, 1.54) is 0 Å². The fraction of sp³-hybridized carbons (Fsp3) is 0.304. The lowest BCUT2D eigenvalue weighted by molar-refractivity contribution is -0.112. The molecule has 5 heteroatoms. The van der Waals surface area contributed by atoms with Gasteiger partial charge in [-0.25, -0.2) is 0 Å². The highest BCUT2D eigenvalue weighted by molar-refractivity contribution is 6.10. The Labute approximate surface area is 166 Å². The number of nitrogens with zero attached hydrogens (tertiary/aromatic N) is 1. The van der Waals surface area contributed by atoms with Crippen molar-refractivity contribution in [1.29, 1.82) is 5.26 Å². The van der Waals surface area contributed by atoms with Gasteiger partial charge in [-0.05, 0) is 70.0 Å². The maximum Gasteiger partial charge on any atom is 0.266 e. The summed E-state index contributed by atoms with van der Waals surface area (Å²) in [5.41, 5.74) is 3.44. The number of aryl methyl sites for hydroxylation is 2. The van der Waals surface area contributed by atoms with Gasteiger partial charge in [0, 0.05) is 5.69 Å². The summed E-state index contributed by atoms with van der Waals surface area (Å²) in [5, 5.41) is 12.3. The van der Waals surface area contributed by atoms with Crippen molar-refractivity contribution in [3.8, 4) is 17.6 Å². The predicted octanol–water partition coefficient (Wildman–Crippen LogP) is 5.04. The van der Waals surface area contributed by atoms with Crippen LogP contribution >= 0.6 is 0 Å². The Kier molecular flexibility index (Phi) is 7.22. The zero-order valence-electron chi connectivity index (χ0n) is 17.0. The van der Waals surface area contributed by atoms with E-state index < -0.39 is 5.91 Å². The lowest BCUT2D eigenvalue weighted by atomic mass is 10.1. The normalized spacial score (nSPS) is 11.1. The third-order valence-electron chi connectivity index (χ3n) is 3.94. The summed E-state index contributed by atoms with van der Waals surface area (Å²) < 4.78 is 11.4. The van der Waals surface area contributed by atoms with Crippen LogP contribution in [0, 0.1) is 25.2 Å². The average Bonchev–Trinajstić information content (AvgIpc) is 2.63. The molecule has 0 fully saturated rings. The number of anilines is 1. The molecular weight excluding hydrogens is 352 g/mol. The first-order valence-corrected chi connectivity index (χ1v) is 9.28. The van der Waals surface area contributed by atoms with E-state index >= 15 is 0 Å². The SMILES string of the molecule is CCOc1cc(/C=C(\C#N)C(=O)Nc2ccc(C)cc2C)ccc1OC(C)C. The molecule has 0 saturated heterocycles. The Morgan fingerprint density at radius 3 is 2.54 bits per heavy atom. The van der Waals surface area contributed by atoms with E-state index in [0.29, 0.717) is 29.4 Å². The molecule has 0 radical (unpaired) electrons. The molecule has 0 aliphatic carbocycles. The molecule has 0 heterocycles. The summed E-state index contributed by atoms with van der Waals surface area (Å²) in [4.78, 5) is 12.6. The minimum absolute atomic E-state index is 0.0128. The number of benzene rings is 2. The number of carbonyl (C=O) groups is 1. The third kappa shape index (κ3) is 5.62. The largest absolute Gasteiger partial charge is 0.490 e. The minimum atomic E-state index is -0.449. The van der Waals surface area contributed by atoms with Gasteiger partial charge in [0.25, 0.3) is 5.91 Å². The van der Waals surface area contributed by atoms with Crippen molar-refractivity contribution < 1.29 is 14.3 Å². The molecule has 0 saturated carbocycles. The van der Waals surface area contributed by atoms with Gasteiger partial charge in [-0.2, -0.15) is 5.26 Å². The lowest BCUT2D eigenvalue weighted by Gasteiger charge is -2.15. The number of carbonyl (C=O) groups excluding carboxylic acids is 1. The first-order chi connectivity index (χ1) is 13.3. The van der Waals surface area contributed by atoms with Crippen LogP contribution in [0.5, 0.6) is 11.5 Å². The predicted molar refractivity (Wildman–Crippen MR) is 112 cm³/mol. The van der Waals surface area contributed by atoms with E-state index in [-0.39, 0.29) is 11.7 Å². The second-order valence-electron chi connectivity index (χ2n) is 6.75. The number of hydrogen-bond donors (Lipinski definition) is 1. The molecule has 0 unspecified atom stereocenters. The fourth-order valence-corrected chi connectivity index (χ4v) is 2.69. The van der Waals surface area contributed by atoms with Crippen molar-refractivity contribution in [1.82, 2.24) is 0 Å². The van der Waals surface area contributed by atoms with Crippen molar-refractivity contribution >= 4 is 17.7 Å². The van der Waals surface area contributed by atoms with Crippen molar-refractivity contribution in [2.45, 2.75) is 40.7 Å². The first-order valence-electron chi connectivity index (χ1n) is 9.28. The van der Waals surface area contributed by atoms with Crippen LogP contribution in [0.1, 0.15) is 37.5 Å². The van der Waals surface area contributed by atoms with Gasteiger partial charge in [-0.3, -0.25) is 4.79 Å². The minimum Gasteiger partial charge on any atom is -0.490 e. The average molecular weight is 378 g/mol. The molecule has 0 atom stereocenters. The van der Waals surface area contributed by atoms with Crippen LogP contribution in [-0.2, 0) is 4.79 Å². The maximum atomic E-state index is 12.6. The Morgan fingerprint density at radius 2 is 1.93 bits per heavy atom. The van der Waals surface area contributed by atoms with E-state index in [2.05, 4.69) is 5.32 Å². The molecule has 0 bridgehead atoms. The molecule has 0 aliphatic rings. The maximum absolute atomic E-state index is 12.6. The van der Waals surface area contributed by atoms with Crippen molar-refractivity contribution in [3.05, 3.63) is 58.7 Å². The van der Waals surface area contributed by atoms with Crippen LogP contribution in [0.4, 0.5) is 5.69 Å². The van der Waals surface area contributed by atoms with Gasteiger partial charge in [0.1, 0.15) is 11.6 Å². The summed E-state index contributed by atoms with van der Waals surface area (Å²) in [5.74, 6) is 0.763. The van der Waals surface area contributed by atoms with Crippen LogP contribution in [0.3, 0.4) is 0 Å². The Bertz CT molecular complexity index is 924. The standard InChI is InChI=1S/C23H26N2O3/c1-6-27-22-13-18(8-10-21(22)28-15(2)3)12-19(14-24)23(26)25-20-9-7-16(4)11-17(20)5/h7-13,15H,6H2,1-5H3,(H,25,26)/b19-12+. The van der Waals surface area contributed by atoms with Crippen LogP contribution in [0.25, 0.3) is 6.08 Å². The zero-order valence-corrected chi connectivity index (χ0v) is 17.0. The molecule has 1 amide bonds. The molecule has 5 nitrogen and oxygen atoms in total. The van der Waals surface area contributed by atoms with Crippen molar-refractivity contribution in [3.63, 3.8) is 0 Å². The second-order valence-corrected chi connectivity index (χ2v) is 6.75. The number of ether oxygens (including phenoxy) is 2. The Hall–Kier alpha value is -3.26. The monoisotopic (exact) mass is 378 g/mol. The van der Waals surface area contributed by atoms with E-state index in [1.807, 2.05) is 58.9 Å². The smallest absolute Gasteiger partial charge is 0.266 e. The van der Waals surface area contributed by atoms with Gasteiger partial charge in [0.2, 0.25) is 0 Å². The van der Waals surface area contributed by atoms with Gasteiger partial charge in [-0.1, -0.05) is 23.8 Å². The Balaban J connectivity index is 2.28. The second kappa shape index (κ2) is 9.61. The summed E-state index contributed by atoms with van der Waals surface area (Å²) in [7, 11) is 0. The van der Waals surface area contributed by atoms with E-state index in [1.54, 1.807) is 24.3 Å². The first kappa shape index (κ1) is 21.0. The van der Waals surface area contributed by atoms with Gasteiger partial charge in [-0.15, -0.1) is 0 Å². The van der Waals surface area contributed by atoms with Crippen LogP contribution < -0.4 is 14.8 Å². The van der Waals surface area contributed by atoms with Gasteiger partial charge < -0.3 is 14.8 Å². The number of hydrogen-bond acceptors (Lipinski definition) is 4. The molecule has 0 spiro atoms. The molecule has 28 heavy (non-hydrogen) atoms. The highest BCUT2D eigenvalue weighted by atomic mass is 16.5. The van der Waals surface area contributed by atoms with E-state index in [4.69, 9.17) is 9.47 Å². The molecule has 2 rings (SSSR count). The third-order valence-corrected chi connectivity index (χ3v) is 3.94. The number of rotatable bonds is 7. The fourth-order valence-electron chi connectivity index (χ4n) is 2.69. The molecule has 1 N–H and O–H groups in total. The molecule has 2 aromatic carbocycles. The molecule has 0 aromatic heterocycles. The molecule has 0 aliphatic heterocycles. The number of nitrogens with one attached hydrogen (secondary N) is 1. The van der Waals surface area contributed by atoms with Gasteiger partial charge in [0.05, 0.1) is 12.7 Å². The van der Waals surface area contributed by atoms with Crippen LogP contribution in [0.2, 0.25) is 0 Å². The topological polar surface area (TPSA) is 71.3 Å². The van der Waals surface area contributed by atoms with Crippen LogP contribution in [0.15, 0.2) is 42.0 Å². The zero-order chi connectivity index (χ0) is 20.7. The number of amides is 1. The summed E-state index contributed by atoms with van der Waals surface area (Å²) in [6.07, 6.45) is 1.55. The quantitative estimate of drug-likeness (QED) is 0.541. The van der Waals surface area contributed by atoms with Gasteiger partial charge >= 0.3 is 0 Å². The van der Waals surface area contributed by atoms with Crippen molar-refractivity contribution in [2.75, 3.05) is 11.9 Å². The lowest BCUT2D eigenvalue weighted by Crippen LogP contribution is -2.14. The summed E-state index contributed by atoms with van der Waals surface area (Å²) in [6.45, 7) is 10.2. The highest BCUT2D eigenvalue weighted by Gasteiger charge is 2.13. The number of nitriles is 1. The van der Waals surface area contributed by atoms with E-state index in [0.717, 1.165) is 11.1 Å².